The van der Waals surface area contributed by atoms with Gasteiger partial charge in [-0.15, -0.1) is 0 Å². The quantitative estimate of drug-likeness (QED) is 0.852. The van der Waals surface area contributed by atoms with Crippen LogP contribution in [0.25, 0.3) is 0 Å². The molecule has 3 rings (SSSR count). The number of benzene rings is 1. The number of imide groups is 1. The molecule has 3 amide bonds. The van der Waals surface area contributed by atoms with Crippen molar-refractivity contribution in [3.63, 3.8) is 0 Å². The lowest BCUT2D eigenvalue weighted by molar-refractivity contribution is -0.383. The van der Waals surface area contributed by atoms with Gasteiger partial charge in [0.1, 0.15) is 5.75 Å². The van der Waals surface area contributed by atoms with Crippen LogP contribution in [0.5, 0.6) is 5.75 Å². The van der Waals surface area contributed by atoms with Crippen LogP contribution < -0.4 is 9.73 Å². The predicted molar refractivity (Wildman–Crippen MR) is 93.3 cm³/mol. The van der Waals surface area contributed by atoms with E-state index >= 15 is 0 Å². The van der Waals surface area contributed by atoms with Gasteiger partial charge in [0.25, 0.3) is 11.7 Å². The Labute approximate surface area is 146 Å². The van der Waals surface area contributed by atoms with Crippen molar-refractivity contribution in [1.29, 1.82) is 0 Å². The maximum atomic E-state index is 12.7. The molecule has 130 valence electrons. The average molecular weight is 341 g/mol. The Bertz CT molecular complexity index is 808. The van der Waals surface area contributed by atoms with E-state index in [1.807, 2.05) is 31.2 Å². The van der Waals surface area contributed by atoms with E-state index in [4.69, 9.17) is 4.74 Å². The van der Waals surface area contributed by atoms with Gasteiger partial charge in [0.15, 0.2) is 5.92 Å². The molecular formula is C18H21N4O3+. The van der Waals surface area contributed by atoms with E-state index in [2.05, 4.69) is 9.98 Å². The van der Waals surface area contributed by atoms with E-state index in [0.29, 0.717) is 18.1 Å². The summed E-state index contributed by atoms with van der Waals surface area (Å²) < 4.78 is 5.15. The number of rotatable bonds is 3. The fraction of sp³-hybridized carbons (Fsp3) is 0.333. The van der Waals surface area contributed by atoms with E-state index in [0.717, 1.165) is 21.8 Å². The Hall–Kier alpha value is -2.96. The van der Waals surface area contributed by atoms with Crippen LogP contribution in [0, 0.1) is 5.92 Å². The molecule has 1 aromatic carbocycles. The second kappa shape index (κ2) is 6.51. The van der Waals surface area contributed by atoms with Crippen LogP contribution in [0.3, 0.4) is 0 Å². The number of methoxy groups -OCH3 is 1. The molecule has 7 heteroatoms. The molecule has 25 heavy (non-hydrogen) atoms. The summed E-state index contributed by atoms with van der Waals surface area (Å²) in [5.74, 6) is 0.476. The van der Waals surface area contributed by atoms with Gasteiger partial charge in [-0.3, -0.25) is 9.79 Å². The zero-order chi connectivity index (χ0) is 18.1. The molecule has 1 saturated heterocycles. The van der Waals surface area contributed by atoms with Crippen LogP contribution >= 0.6 is 0 Å². The van der Waals surface area contributed by atoms with Crippen LogP contribution in [0.4, 0.5) is 4.79 Å². The Morgan fingerprint density at radius 3 is 2.48 bits per heavy atom. The lowest BCUT2D eigenvalue weighted by Crippen LogP contribution is -2.80. The first-order valence-corrected chi connectivity index (χ1v) is 7.97. The van der Waals surface area contributed by atoms with Gasteiger partial charge >= 0.3 is 6.03 Å². The van der Waals surface area contributed by atoms with Crippen LogP contribution in [-0.4, -0.2) is 54.5 Å². The molecule has 1 atom stereocenters. The number of urea groups is 1. The highest BCUT2D eigenvalue weighted by atomic mass is 16.5. The molecule has 2 aliphatic rings. The summed E-state index contributed by atoms with van der Waals surface area (Å²) in [6.07, 6.45) is 1.78. The molecule has 1 fully saturated rings. The zero-order valence-corrected chi connectivity index (χ0v) is 14.7. The number of amides is 3. The van der Waals surface area contributed by atoms with Crippen molar-refractivity contribution >= 4 is 23.5 Å². The third-order valence-corrected chi connectivity index (χ3v) is 4.49. The van der Waals surface area contributed by atoms with Crippen LogP contribution in [0.15, 0.2) is 41.0 Å². The van der Waals surface area contributed by atoms with Gasteiger partial charge in [-0.1, -0.05) is 12.1 Å². The third-order valence-electron chi connectivity index (χ3n) is 4.49. The van der Waals surface area contributed by atoms with Crippen molar-refractivity contribution in [2.45, 2.75) is 13.5 Å². The summed E-state index contributed by atoms with van der Waals surface area (Å²) in [5.41, 5.74) is 2.58. The highest BCUT2D eigenvalue weighted by Crippen LogP contribution is 2.21. The number of hydrogen-bond donors (Lipinski definition) is 1. The molecule has 0 spiro atoms. The molecular weight excluding hydrogens is 320 g/mol. The lowest BCUT2D eigenvalue weighted by Gasteiger charge is -2.32. The number of carbonyl (C=O) groups is 2. The molecule has 0 bridgehead atoms. The second-order valence-electron chi connectivity index (χ2n) is 6.08. The number of amidine groups is 1. The van der Waals surface area contributed by atoms with Crippen LogP contribution in [-0.2, 0) is 11.3 Å². The van der Waals surface area contributed by atoms with Gasteiger partial charge in [-0.25, -0.2) is 14.7 Å². The number of carbonyl (C=O) groups excluding carboxylic acids is 2. The van der Waals surface area contributed by atoms with Gasteiger partial charge in [0.05, 0.1) is 32.6 Å². The maximum Gasteiger partial charge on any atom is 0.417 e. The first kappa shape index (κ1) is 16.9. The third kappa shape index (κ3) is 2.93. The molecule has 1 N–H and O–H groups in total. The Morgan fingerprint density at radius 1 is 1.16 bits per heavy atom. The van der Waals surface area contributed by atoms with Crippen molar-refractivity contribution in [1.82, 2.24) is 9.80 Å². The lowest BCUT2D eigenvalue weighted by atomic mass is 9.91. The number of nitrogens with one attached hydrogen (secondary N) is 1. The molecule has 0 radical (unpaired) electrons. The fourth-order valence-electron chi connectivity index (χ4n) is 2.96. The minimum Gasteiger partial charge on any atom is -0.497 e. The van der Waals surface area contributed by atoms with E-state index < -0.39 is 5.92 Å². The summed E-state index contributed by atoms with van der Waals surface area (Å²) in [6.45, 7) is 2.35. The molecule has 0 aromatic heterocycles. The summed E-state index contributed by atoms with van der Waals surface area (Å²) >= 11 is 0. The molecule has 1 unspecified atom stereocenters. The Morgan fingerprint density at radius 2 is 1.84 bits per heavy atom. The van der Waals surface area contributed by atoms with Gasteiger partial charge in [0.2, 0.25) is 0 Å². The van der Waals surface area contributed by atoms with Crippen LogP contribution in [0.2, 0.25) is 0 Å². The molecule has 7 nitrogen and oxygen atoms in total. The minimum atomic E-state index is -0.587. The van der Waals surface area contributed by atoms with Crippen LogP contribution in [0.1, 0.15) is 12.5 Å². The molecule has 0 aliphatic carbocycles. The van der Waals surface area contributed by atoms with E-state index in [1.54, 1.807) is 20.4 Å². The number of ether oxygens (including phenoxy) is 1. The standard InChI is InChI=1S/C18H20N4O3/c1-11-9-20-16-14(17(23)22(3)18(24)21(16)2)15(11)19-10-12-5-7-13(25-4)8-6-12/h5-9,14H,10H2,1-4H3/p+1. The van der Waals surface area contributed by atoms with Crippen molar-refractivity contribution < 1.29 is 19.3 Å². The number of fused-ring (bicyclic) bond motifs is 1. The normalized spacial score (nSPS) is 21.9. The molecule has 0 saturated carbocycles. The Kier molecular flexibility index (Phi) is 4.39. The second-order valence-corrected chi connectivity index (χ2v) is 6.08. The van der Waals surface area contributed by atoms with Gasteiger partial charge in [0, 0.05) is 12.6 Å². The maximum absolute atomic E-state index is 12.7. The zero-order valence-electron chi connectivity index (χ0n) is 14.7. The van der Waals surface area contributed by atoms with Crippen molar-refractivity contribution in [3.05, 3.63) is 41.6 Å². The first-order chi connectivity index (χ1) is 11.9. The highest BCUT2D eigenvalue weighted by Gasteiger charge is 2.50. The van der Waals surface area contributed by atoms with E-state index in [-0.39, 0.29) is 11.9 Å². The molecule has 2 aliphatic heterocycles. The molecule has 2 heterocycles. The predicted octanol–water partition coefficient (Wildman–Crippen LogP) is 0.173. The van der Waals surface area contributed by atoms with E-state index in [9.17, 15) is 9.59 Å². The molecule has 1 aromatic rings. The first-order valence-electron chi connectivity index (χ1n) is 7.97. The SMILES string of the molecule is COc1ccc(CN=C2C(C)=C[NH+]=C3C2C(=O)N(C)C(=O)N3C)cc1. The summed E-state index contributed by atoms with van der Waals surface area (Å²) in [5, 5.41) is 0. The Balaban J connectivity index is 1.92. The van der Waals surface area contributed by atoms with Crippen molar-refractivity contribution in [3.8, 4) is 5.75 Å². The monoisotopic (exact) mass is 341 g/mol. The van der Waals surface area contributed by atoms with Gasteiger partial charge in [-0.05, 0) is 24.6 Å². The number of hydrogen-bond acceptors (Lipinski definition) is 4. The fourth-order valence-corrected chi connectivity index (χ4v) is 2.96. The van der Waals surface area contributed by atoms with Crippen molar-refractivity contribution in [2.24, 2.45) is 10.9 Å². The number of aliphatic imine (C=N–C) groups is 1. The largest absolute Gasteiger partial charge is 0.497 e. The average Bonchev–Trinajstić information content (AvgIpc) is 2.63. The number of allylic oxidation sites excluding steroid dienone is 1. The smallest absolute Gasteiger partial charge is 0.417 e. The van der Waals surface area contributed by atoms with E-state index in [1.165, 1.54) is 11.9 Å². The van der Waals surface area contributed by atoms with Crippen molar-refractivity contribution in [2.75, 3.05) is 21.2 Å². The topological polar surface area (TPSA) is 76.2 Å². The minimum absolute atomic E-state index is 0.272. The summed E-state index contributed by atoms with van der Waals surface area (Å²) in [6, 6.07) is 7.29. The highest BCUT2D eigenvalue weighted by molar-refractivity contribution is 6.31. The van der Waals surface area contributed by atoms with Gasteiger partial charge in [-0.2, -0.15) is 4.90 Å². The van der Waals surface area contributed by atoms with Gasteiger partial charge < -0.3 is 4.74 Å². The summed E-state index contributed by atoms with van der Waals surface area (Å²) in [4.78, 5) is 35.1. The number of nitrogens with zero attached hydrogens (tertiary/aromatic N) is 3. The summed E-state index contributed by atoms with van der Waals surface area (Å²) in [7, 11) is 4.77.